The van der Waals surface area contributed by atoms with Crippen LogP contribution in [0.1, 0.15) is 22.4 Å². The molecule has 0 saturated heterocycles. The van der Waals surface area contributed by atoms with E-state index in [-0.39, 0.29) is 0 Å². The minimum absolute atomic E-state index is 0.408. The second-order valence-corrected chi connectivity index (χ2v) is 7.63. The summed E-state index contributed by atoms with van der Waals surface area (Å²) in [6, 6.07) is 23.0. The molecule has 2 aromatic carbocycles. The zero-order chi connectivity index (χ0) is 20.5. The molecule has 4 heteroatoms. The molecule has 0 spiro atoms. The third-order valence-electron chi connectivity index (χ3n) is 5.31. The number of rotatable bonds is 11. The molecule has 0 amide bonds. The Labute approximate surface area is 174 Å². The molecule has 0 unspecified atom stereocenters. The Morgan fingerprint density at radius 1 is 1.00 bits per heavy atom. The normalized spacial score (nSPS) is 12.4. The largest absolute Gasteiger partial charge is 0.391 e. The topological polar surface area (TPSA) is 37.6 Å². The number of nitrogens with zero attached hydrogens (tertiary/aromatic N) is 2. The van der Waals surface area contributed by atoms with Crippen LogP contribution in [-0.2, 0) is 24.2 Å². The third-order valence-corrected chi connectivity index (χ3v) is 5.31. The molecule has 1 aromatic heterocycles. The fraction of sp³-hybridized carbons (Fsp3) is 0.360. The van der Waals surface area contributed by atoms with E-state index < -0.39 is 6.10 Å². The van der Waals surface area contributed by atoms with Crippen molar-refractivity contribution in [2.75, 3.05) is 26.8 Å². The fourth-order valence-electron chi connectivity index (χ4n) is 3.65. The van der Waals surface area contributed by atoms with Gasteiger partial charge in [-0.3, -0.25) is 4.90 Å². The number of aliphatic hydroxyl groups excluding tert-OH is 1. The Bertz CT molecular complexity index is 860. The van der Waals surface area contributed by atoms with Crippen LogP contribution in [0, 0.1) is 6.92 Å². The van der Waals surface area contributed by atoms with Crippen LogP contribution < -0.4 is 0 Å². The number of benzene rings is 2. The highest BCUT2D eigenvalue weighted by Crippen LogP contribution is 2.14. The van der Waals surface area contributed by atoms with Crippen LogP contribution in [0.3, 0.4) is 0 Å². The Hall–Kier alpha value is -2.40. The molecule has 4 nitrogen and oxygen atoms in total. The first kappa shape index (κ1) is 21.3. The average Bonchev–Trinajstić information content (AvgIpc) is 3.15. The quantitative estimate of drug-likeness (QED) is 0.538. The van der Waals surface area contributed by atoms with Gasteiger partial charge in [0.2, 0.25) is 0 Å². The highest BCUT2D eigenvalue weighted by atomic mass is 16.5. The van der Waals surface area contributed by atoms with E-state index in [0.29, 0.717) is 19.6 Å². The van der Waals surface area contributed by atoms with Crippen LogP contribution in [-0.4, -0.2) is 47.5 Å². The Kier molecular flexibility index (Phi) is 8.05. The molecule has 1 N–H and O–H groups in total. The van der Waals surface area contributed by atoms with Crippen LogP contribution in [0.5, 0.6) is 0 Å². The van der Waals surface area contributed by atoms with Gasteiger partial charge >= 0.3 is 0 Å². The molecule has 0 aliphatic rings. The van der Waals surface area contributed by atoms with E-state index in [1.807, 2.05) is 18.2 Å². The molecule has 1 heterocycles. The second-order valence-electron chi connectivity index (χ2n) is 7.63. The van der Waals surface area contributed by atoms with Gasteiger partial charge in [0.25, 0.3) is 0 Å². The van der Waals surface area contributed by atoms with Gasteiger partial charge in [0.15, 0.2) is 0 Å². The van der Waals surface area contributed by atoms with E-state index in [2.05, 4.69) is 71.1 Å². The summed E-state index contributed by atoms with van der Waals surface area (Å²) < 4.78 is 7.60. The van der Waals surface area contributed by atoms with Gasteiger partial charge in [-0.15, -0.1) is 0 Å². The molecule has 0 radical (unpaired) electrons. The van der Waals surface area contributed by atoms with Crippen LogP contribution in [0.25, 0.3) is 0 Å². The van der Waals surface area contributed by atoms with Gasteiger partial charge in [0.1, 0.15) is 0 Å². The lowest BCUT2D eigenvalue weighted by atomic mass is 10.1. The van der Waals surface area contributed by atoms with E-state index >= 15 is 0 Å². The Morgan fingerprint density at radius 3 is 2.52 bits per heavy atom. The van der Waals surface area contributed by atoms with Crippen molar-refractivity contribution in [3.05, 3.63) is 95.3 Å². The second kappa shape index (κ2) is 11.0. The Morgan fingerprint density at radius 2 is 1.76 bits per heavy atom. The first-order valence-electron chi connectivity index (χ1n) is 10.3. The van der Waals surface area contributed by atoms with Crippen molar-refractivity contribution in [2.45, 2.75) is 32.5 Å². The predicted molar refractivity (Wildman–Crippen MR) is 118 cm³/mol. The van der Waals surface area contributed by atoms with Crippen molar-refractivity contribution >= 4 is 0 Å². The van der Waals surface area contributed by atoms with Crippen molar-refractivity contribution in [3.8, 4) is 0 Å². The number of aromatic nitrogens is 1. The van der Waals surface area contributed by atoms with Crippen LogP contribution in [0.15, 0.2) is 72.9 Å². The molecule has 3 rings (SSSR count). The molecule has 29 heavy (non-hydrogen) atoms. The number of methoxy groups -OCH3 is 1. The smallest absolute Gasteiger partial charge is 0.0707 e. The number of hydrogen-bond acceptors (Lipinski definition) is 3. The highest BCUT2D eigenvalue weighted by Gasteiger charge is 2.15. The molecular weight excluding hydrogens is 360 g/mol. The monoisotopic (exact) mass is 392 g/mol. The molecule has 0 saturated carbocycles. The summed E-state index contributed by atoms with van der Waals surface area (Å²) in [6.45, 7) is 5.86. The lowest BCUT2D eigenvalue weighted by Crippen LogP contribution is -2.36. The zero-order valence-corrected chi connectivity index (χ0v) is 17.5. The van der Waals surface area contributed by atoms with Gasteiger partial charge in [0.05, 0.1) is 12.7 Å². The highest BCUT2D eigenvalue weighted by molar-refractivity contribution is 5.26. The van der Waals surface area contributed by atoms with Gasteiger partial charge in [-0.05, 0) is 42.2 Å². The molecule has 1 atom stereocenters. The molecule has 0 fully saturated rings. The van der Waals surface area contributed by atoms with E-state index in [1.54, 1.807) is 7.11 Å². The van der Waals surface area contributed by atoms with Crippen LogP contribution in [0.2, 0.25) is 0 Å². The molecule has 0 bridgehead atoms. The van der Waals surface area contributed by atoms with Gasteiger partial charge in [-0.2, -0.15) is 0 Å². The van der Waals surface area contributed by atoms with Gasteiger partial charge in [-0.1, -0.05) is 54.6 Å². The summed E-state index contributed by atoms with van der Waals surface area (Å²) in [5.41, 5.74) is 5.05. The van der Waals surface area contributed by atoms with Crippen molar-refractivity contribution in [3.63, 3.8) is 0 Å². The SMILES string of the molecule is COCCN(Cc1cccn1Cc1ccccc1C)C[C@H](O)Cc1ccccc1. The van der Waals surface area contributed by atoms with Crippen molar-refractivity contribution in [1.29, 1.82) is 0 Å². The average molecular weight is 393 g/mol. The van der Waals surface area contributed by atoms with Crippen LogP contribution >= 0.6 is 0 Å². The van der Waals surface area contributed by atoms with E-state index in [4.69, 9.17) is 4.74 Å². The minimum Gasteiger partial charge on any atom is -0.391 e. The van der Waals surface area contributed by atoms with Crippen molar-refractivity contribution in [1.82, 2.24) is 9.47 Å². The summed E-state index contributed by atoms with van der Waals surface area (Å²) in [5, 5.41) is 10.7. The Balaban J connectivity index is 1.65. The minimum atomic E-state index is -0.408. The molecule has 3 aromatic rings. The zero-order valence-electron chi connectivity index (χ0n) is 17.5. The third kappa shape index (κ3) is 6.57. The number of hydrogen-bond donors (Lipinski definition) is 1. The summed E-state index contributed by atoms with van der Waals surface area (Å²) in [5.74, 6) is 0. The predicted octanol–water partition coefficient (Wildman–Crippen LogP) is 3.90. The summed E-state index contributed by atoms with van der Waals surface area (Å²) in [6.07, 6.45) is 2.39. The van der Waals surface area contributed by atoms with Crippen LogP contribution in [0.4, 0.5) is 0 Å². The maximum absolute atomic E-state index is 10.7. The summed E-state index contributed by atoms with van der Waals surface area (Å²) >= 11 is 0. The van der Waals surface area contributed by atoms with Gasteiger partial charge < -0.3 is 14.4 Å². The molecule has 0 aliphatic heterocycles. The molecule has 0 aliphatic carbocycles. The van der Waals surface area contributed by atoms with Gasteiger partial charge in [0, 0.05) is 45.2 Å². The van der Waals surface area contributed by atoms with Crippen molar-refractivity contribution < 1.29 is 9.84 Å². The summed E-state index contributed by atoms with van der Waals surface area (Å²) in [4.78, 5) is 2.28. The molecular formula is C25H32N2O2. The first-order valence-corrected chi connectivity index (χ1v) is 10.3. The standard InChI is InChI=1S/C25H32N2O2/c1-21-9-6-7-12-23(21)18-27-14-8-13-24(27)19-26(15-16-29-2)20-25(28)17-22-10-4-3-5-11-22/h3-14,25,28H,15-20H2,1-2H3/t25-/m1/s1. The molecule has 154 valence electrons. The number of ether oxygens (including phenoxy) is 1. The number of aryl methyl sites for hydroxylation is 1. The van der Waals surface area contributed by atoms with E-state index in [1.165, 1.54) is 16.8 Å². The fourth-order valence-corrected chi connectivity index (χ4v) is 3.65. The van der Waals surface area contributed by atoms with E-state index in [9.17, 15) is 5.11 Å². The van der Waals surface area contributed by atoms with Crippen molar-refractivity contribution in [2.24, 2.45) is 0 Å². The number of aliphatic hydroxyl groups is 1. The summed E-state index contributed by atoms with van der Waals surface area (Å²) in [7, 11) is 1.72. The first-order chi connectivity index (χ1) is 14.2. The van der Waals surface area contributed by atoms with Gasteiger partial charge in [-0.25, -0.2) is 0 Å². The van der Waals surface area contributed by atoms with E-state index in [0.717, 1.165) is 25.2 Å². The lowest BCUT2D eigenvalue weighted by Gasteiger charge is -2.25. The lowest BCUT2D eigenvalue weighted by molar-refractivity contribution is 0.0839. The maximum Gasteiger partial charge on any atom is 0.0707 e. The maximum atomic E-state index is 10.7.